The Kier molecular flexibility index (Phi) is 5.18. The Morgan fingerprint density at radius 3 is 2.78 bits per heavy atom. The van der Waals surface area contributed by atoms with E-state index in [4.69, 9.17) is 14.7 Å². The number of hydrogen-bond acceptors (Lipinski definition) is 9. The van der Waals surface area contributed by atoms with Crippen molar-refractivity contribution >= 4 is 17.7 Å². The maximum absolute atomic E-state index is 11.5. The van der Waals surface area contributed by atoms with Crippen LogP contribution >= 0.6 is 0 Å². The zero-order valence-electron chi connectivity index (χ0n) is 18.1. The topological polar surface area (TPSA) is 149 Å². The third-order valence-corrected chi connectivity index (χ3v) is 5.43. The number of morpholine rings is 1. The van der Waals surface area contributed by atoms with Gasteiger partial charge in [0.15, 0.2) is 5.65 Å². The van der Waals surface area contributed by atoms with Gasteiger partial charge < -0.3 is 20.1 Å². The Morgan fingerprint density at radius 2 is 2.09 bits per heavy atom. The molecule has 1 aliphatic carbocycles. The van der Waals surface area contributed by atoms with Crippen molar-refractivity contribution in [2.24, 2.45) is 4.99 Å². The lowest BCUT2D eigenvalue weighted by Gasteiger charge is -2.35. The van der Waals surface area contributed by atoms with E-state index in [1.807, 2.05) is 0 Å². The average Bonchev–Trinajstić information content (AvgIpc) is 3.37. The van der Waals surface area contributed by atoms with Crippen LogP contribution in [0.4, 0.5) is 5.95 Å². The third-order valence-electron chi connectivity index (χ3n) is 5.43. The highest BCUT2D eigenvalue weighted by atomic mass is 16.5. The Balaban J connectivity index is 1.54. The van der Waals surface area contributed by atoms with E-state index in [9.17, 15) is 9.90 Å². The van der Waals surface area contributed by atoms with Gasteiger partial charge in [0.2, 0.25) is 11.8 Å². The number of ether oxygens (including phenoxy) is 1. The highest BCUT2D eigenvalue weighted by Crippen LogP contribution is 2.22. The SMILES string of the molecule is CC(C)(CN1CCOCC1)Nc1nc(=NC2CC2)n2ncc(=Cc3[nH]c(=O)[nH]c3O)c2n1. The molecule has 2 aliphatic rings. The fraction of sp³-hybridized carbons (Fsp3) is 0.550. The molecular weight excluding hydrogens is 414 g/mol. The Hall–Kier alpha value is -3.25. The lowest BCUT2D eigenvalue weighted by molar-refractivity contribution is 0.0316. The summed E-state index contributed by atoms with van der Waals surface area (Å²) in [5.41, 5.74) is 0.489. The summed E-state index contributed by atoms with van der Waals surface area (Å²) in [7, 11) is 0. The predicted octanol–water partition coefficient (Wildman–Crippen LogP) is -1.02. The molecule has 32 heavy (non-hydrogen) atoms. The van der Waals surface area contributed by atoms with E-state index in [1.54, 1.807) is 16.8 Å². The molecule has 2 fully saturated rings. The van der Waals surface area contributed by atoms with Gasteiger partial charge in [0, 0.05) is 30.4 Å². The number of hydrogen-bond donors (Lipinski definition) is 4. The molecule has 170 valence electrons. The Morgan fingerprint density at radius 1 is 1.31 bits per heavy atom. The molecule has 0 amide bonds. The zero-order valence-corrected chi connectivity index (χ0v) is 18.1. The van der Waals surface area contributed by atoms with Crippen LogP contribution in [-0.2, 0) is 4.74 Å². The van der Waals surface area contributed by atoms with Gasteiger partial charge in [-0.3, -0.25) is 9.88 Å². The summed E-state index contributed by atoms with van der Waals surface area (Å²) in [5.74, 6) is 0.216. The zero-order chi connectivity index (χ0) is 22.3. The van der Waals surface area contributed by atoms with Crippen LogP contribution in [-0.4, -0.2) is 84.0 Å². The van der Waals surface area contributed by atoms with Gasteiger partial charge in [0.1, 0.15) is 5.69 Å². The molecule has 3 aromatic rings. The second-order valence-corrected chi connectivity index (χ2v) is 8.93. The monoisotopic (exact) mass is 441 g/mol. The number of nitrogens with zero attached hydrogens (tertiary/aromatic N) is 6. The quantitative estimate of drug-likeness (QED) is 0.380. The van der Waals surface area contributed by atoms with Gasteiger partial charge in [-0.05, 0) is 32.8 Å². The summed E-state index contributed by atoms with van der Waals surface area (Å²) >= 11 is 0. The molecule has 1 aliphatic heterocycles. The van der Waals surface area contributed by atoms with E-state index in [2.05, 4.69) is 44.1 Å². The summed E-state index contributed by atoms with van der Waals surface area (Å²) < 4.78 is 7.04. The number of rotatable bonds is 6. The molecular formula is C20H27N9O3. The van der Waals surface area contributed by atoms with Crippen LogP contribution in [0.5, 0.6) is 5.88 Å². The van der Waals surface area contributed by atoms with Gasteiger partial charge in [-0.1, -0.05) is 0 Å². The van der Waals surface area contributed by atoms with Gasteiger partial charge in [0.25, 0.3) is 5.62 Å². The van der Waals surface area contributed by atoms with Crippen LogP contribution in [0.25, 0.3) is 11.7 Å². The molecule has 0 aromatic carbocycles. The van der Waals surface area contributed by atoms with Crippen molar-refractivity contribution in [3.8, 4) is 5.88 Å². The number of nitrogens with one attached hydrogen (secondary N) is 3. The normalized spacial score (nSPS) is 19.2. The number of fused-ring (bicyclic) bond motifs is 1. The molecule has 0 unspecified atom stereocenters. The smallest absolute Gasteiger partial charge is 0.326 e. The lowest BCUT2D eigenvalue weighted by Crippen LogP contribution is -2.48. The number of imidazole rings is 1. The standard InChI is InChI=1S/C20H27N9O3/c1-20(2,11-28-5-7-32-8-6-28)27-17-24-15-12(9-14-16(30)25-19(31)23-14)10-21-29(15)18(26-17)22-13-3-4-13/h9-10,13,30H,3-8,11H2,1-2H3,(H,22,26,27)(H2,23,25,31). The van der Waals surface area contributed by atoms with E-state index >= 15 is 0 Å². The van der Waals surface area contributed by atoms with Crippen molar-refractivity contribution < 1.29 is 9.84 Å². The molecule has 0 atom stereocenters. The number of anilines is 1. The van der Waals surface area contributed by atoms with E-state index in [1.165, 1.54) is 0 Å². The summed E-state index contributed by atoms with van der Waals surface area (Å²) in [6.07, 6.45) is 5.31. The van der Waals surface area contributed by atoms with Gasteiger partial charge in [0.05, 0.1) is 25.5 Å². The first-order chi connectivity index (χ1) is 15.4. The Labute approximate surface area is 183 Å². The fourth-order valence-corrected chi connectivity index (χ4v) is 3.80. The summed E-state index contributed by atoms with van der Waals surface area (Å²) in [6.45, 7) is 8.31. The van der Waals surface area contributed by atoms with Crippen LogP contribution < -0.4 is 21.8 Å². The minimum Gasteiger partial charge on any atom is -0.493 e. The average molecular weight is 441 g/mol. The first-order valence-electron chi connectivity index (χ1n) is 10.8. The molecule has 0 spiro atoms. The minimum absolute atomic E-state index is 0.240. The first kappa shape index (κ1) is 20.6. The third kappa shape index (κ3) is 4.50. The van der Waals surface area contributed by atoms with E-state index in [0.29, 0.717) is 22.4 Å². The fourth-order valence-electron chi connectivity index (χ4n) is 3.80. The van der Waals surface area contributed by atoms with Crippen LogP contribution in [0.1, 0.15) is 32.4 Å². The number of aromatic nitrogens is 6. The summed E-state index contributed by atoms with van der Waals surface area (Å²) in [4.78, 5) is 32.7. The van der Waals surface area contributed by atoms with Gasteiger partial charge in [-0.15, -0.1) is 0 Å². The molecule has 4 N–H and O–H groups in total. The van der Waals surface area contributed by atoms with Crippen molar-refractivity contribution in [3.05, 3.63) is 33.2 Å². The lowest BCUT2D eigenvalue weighted by atomic mass is 10.1. The van der Waals surface area contributed by atoms with E-state index in [-0.39, 0.29) is 23.2 Å². The highest BCUT2D eigenvalue weighted by Gasteiger charge is 2.25. The molecule has 4 heterocycles. The molecule has 3 aromatic heterocycles. The highest BCUT2D eigenvalue weighted by molar-refractivity contribution is 5.57. The number of H-pyrrole nitrogens is 2. The molecule has 0 bridgehead atoms. The first-order valence-corrected chi connectivity index (χ1v) is 10.8. The van der Waals surface area contributed by atoms with Crippen molar-refractivity contribution in [1.29, 1.82) is 0 Å². The van der Waals surface area contributed by atoms with Crippen molar-refractivity contribution in [2.45, 2.75) is 38.3 Å². The molecule has 1 saturated carbocycles. The van der Waals surface area contributed by atoms with Gasteiger partial charge in [-0.25, -0.2) is 9.79 Å². The maximum Gasteiger partial charge on any atom is 0.326 e. The molecule has 12 nitrogen and oxygen atoms in total. The van der Waals surface area contributed by atoms with Crippen molar-refractivity contribution in [2.75, 3.05) is 38.2 Å². The minimum atomic E-state index is -0.489. The van der Waals surface area contributed by atoms with Crippen molar-refractivity contribution in [1.82, 2.24) is 34.4 Å². The van der Waals surface area contributed by atoms with Crippen LogP contribution in [0.15, 0.2) is 16.0 Å². The summed E-state index contributed by atoms with van der Waals surface area (Å²) in [6, 6.07) is 0.254. The van der Waals surface area contributed by atoms with E-state index < -0.39 is 5.69 Å². The largest absolute Gasteiger partial charge is 0.493 e. The van der Waals surface area contributed by atoms with Gasteiger partial charge in [-0.2, -0.15) is 19.6 Å². The molecule has 5 rings (SSSR count). The predicted molar refractivity (Wildman–Crippen MR) is 116 cm³/mol. The van der Waals surface area contributed by atoms with E-state index in [0.717, 1.165) is 45.7 Å². The molecule has 0 radical (unpaired) electrons. The van der Waals surface area contributed by atoms with Crippen molar-refractivity contribution in [3.63, 3.8) is 0 Å². The molecule has 1 saturated heterocycles. The number of aromatic amines is 2. The number of aromatic hydroxyl groups is 1. The van der Waals surface area contributed by atoms with Gasteiger partial charge >= 0.3 is 5.69 Å². The van der Waals surface area contributed by atoms with Crippen LogP contribution in [0.2, 0.25) is 0 Å². The summed E-state index contributed by atoms with van der Waals surface area (Å²) in [5, 5.41) is 18.4. The second-order valence-electron chi connectivity index (χ2n) is 8.93. The second kappa shape index (κ2) is 8.02. The van der Waals surface area contributed by atoms with Crippen LogP contribution in [0.3, 0.4) is 0 Å². The Bertz CT molecular complexity index is 1300. The molecule has 12 heteroatoms. The van der Waals surface area contributed by atoms with Crippen LogP contribution in [0, 0.1) is 0 Å². The maximum atomic E-state index is 11.5.